The van der Waals surface area contributed by atoms with Crippen molar-refractivity contribution in [3.05, 3.63) is 22.4 Å². The zero-order chi connectivity index (χ0) is 15.4. The van der Waals surface area contributed by atoms with Gasteiger partial charge in [-0.15, -0.1) is 11.3 Å². The fourth-order valence-electron chi connectivity index (χ4n) is 2.67. The summed E-state index contributed by atoms with van der Waals surface area (Å²) in [6.07, 6.45) is 0.936. The Labute approximate surface area is 127 Å². The number of rotatable bonds is 5. The van der Waals surface area contributed by atoms with E-state index >= 15 is 0 Å². The summed E-state index contributed by atoms with van der Waals surface area (Å²) in [6.45, 7) is 2.79. The van der Waals surface area contributed by atoms with E-state index in [9.17, 15) is 14.4 Å². The molecule has 114 valence electrons. The van der Waals surface area contributed by atoms with E-state index in [1.54, 1.807) is 11.0 Å². The molecule has 0 aromatic carbocycles. The third kappa shape index (κ3) is 4.14. The zero-order valence-electron chi connectivity index (χ0n) is 11.9. The maximum atomic E-state index is 12.2. The molecule has 0 spiro atoms. The lowest BCUT2D eigenvalue weighted by molar-refractivity contribution is -0.146. The second kappa shape index (κ2) is 6.85. The first kappa shape index (κ1) is 15.7. The summed E-state index contributed by atoms with van der Waals surface area (Å²) in [6, 6.07) is 3.56. The quantitative estimate of drug-likeness (QED) is 0.847. The number of piperidine rings is 1. The van der Waals surface area contributed by atoms with Crippen LogP contribution in [0.1, 0.15) is 35.9 Å². The Morgan fingerprint density at radius 2 is 2.10 bits per heavy atom. The molecule has 1 amide bonds. The number of amides is 1. The van der Waals surface area contributed by atoms with Crippen LogP contribution in [-0.4, -0.2) is 40.8 Å². The van der Waals surface area contributed by atoms with E-state index in [1.165, 1.54) is 11.3 Å². The van der Waals surface area contributed by atoms with Gasteiger partial charge in [-0.2, -0.15) is 0 Å². The van der Waals surface area contributed by atoms with Crippen LogP contribution in [-0.2, 0) is 9.59 Å². The minimum absolute atomic E-state index is 0.0295. The lowest BCUT2D eigenvalue weighted by Gasteiger charge is -2.34. The fourth-order valence-corrected chi connectivity index (χ4v) is 3.37. The van der Waals surface area contributed by atoms with Gasteiger partial charge >= 0.3 is 5.97 Å². The van der Waals surface area contributed by atoms with E-state index in [2.05, 4.69) is 0 Å². The molecule has 2 atom stereocenters. The third-order valence-electron chi connectivity index (χ3n) is 3.72. The maximum absolute atomic E-state index is 12.2. The van der Waals surface area contributed by atoms with Crippen molar-refractivity contribution in [1.82, 2.24) is 4.90 Å². The van der Waals surface area contributed by atoms with Crippen molar-refractivity contribution in [3.8, 4) is 0 Å². The molecule has 1 aromatic rings. The molecular weight excluding hydrogens is 290 g/mol. The van der Waals surface area contributed by atoms with E-state index < -0.39 is 11.9 Å². The number of likely N-dealkylation sites (tertiary alicyclic amines) is 1. The van der Waals surface area contributed by atoms with E-state index in [4.69, 9.17) is 5.11 Å². The van der Waals surface area contributed by atoms with Crippen LogP contribution in [0.15, 0.2) is 17.5 Å². The van der Waals surface area contributed by atoms with Crippen molar-refractivity contribution in [2.24, 2.45) is 11.8 Å². The first-order chi connectivity index (χ1) is 9.97. The monoisotopic (exact) mass is 309 g/mol. The summed E-state index contributed by atoms with van der Waals surface area (Å²) in [5.41, 5.74) is 0. The predicted molar refractivity (Wildman–Crippen MR) is 79.4 cm³/mol. The van der Waals surface area contributed by atoms with Gasteiger partial charge in [-0.3, -0.25) is 14.4 Å². The van der Waals surface area contributed by atoms with Crippen LogP contribution in [0.4, 0.5) is 0 Å². The van der Waals surface area contributed by atoms with Gasteiger partial charge in [0, 0.05) is 25.9 Å². The van der Waals surface area contributed by atoms with Crippen LogP contribution in [0.3, 0.4) is 0 Å². The van der Waals surface area contributed by atoms with E-state index in [-0.39, 0.29) is 37.0 Å². The van der Waals surface area contributed by atoms with Crippen molar-refractivity contribution in [2.45, 2.75) is 26.2 Å². The van der Waals surface area contributed by atoms with Gasteiger partial charge < -0.3 is 10.0 Å². The SMILES string of the molecule is CC1CC(C(=O)O)CN(C(=O)CCC(=O)c2cccs2)C1. The van der Waals surface area contributed by atoms with Crippen LogP contribution in [0.2, 0.25) is 0 Å². The topological polar surface area (TPSA) is 74.7 Å². The lowest BCUT2D eigenvalue weighted by atomic mass is 9.90. The normalized spacial score (nSPS) is 22.0. The van der Waals surface area contributed by atoms with Gasteiger partial charge in [0.05, 0.1) is 10.8 Å². The van der Waals surface area contributed by atoms with Crippen LogP contribution < -0.4 is 0 Å². The Morgan fingerprint density at radius 1 is 1.33 bits per heavy atom. The van der Waals surface area contributed by atoms with Gasteiger partial charge in [-0.1, -0.05) is 13.0 Å². The summed E-state index contributed by atoms with van der Waals surface area (Å²) in [5.74, 6) is -1.33. The minimum atomic E-state index is -0.853. The second-order valence-corrected chi connectivity index (χ2v) is 6.52. The molecule has 1 aromatic heterocycles. The number of Topliss-reactive ketones (excluding diaryl/α,β-unsaturated/α-hetero) is 1. The molecule has 1 saturated heterocycles. The predicted octanol–water partition coefficient (Wildman–Crippen LogP) is 2.28. The molecule has 0 radical (unpaired) electrons. The molecule has 0 bridgehead atoms. The standard InChI is InChI=1S/C15H19NO4S/c1-10-7-11(15(19)20)9-16(8-10)14(18)5-4-12(17)13-3-2-6-21-13/h2-3,6,10-11H,4-5,7-9H2,1H3,(H,19,20). The molecule has 5 nitrogen and oxygen atoms in total. The summed E-state index contributed by atoms with van der Waals surface area (Å²) in [7, 11) is 0. The first-order valence-corrected chi connectivity index (χ1v) is 7.92. The van der Waals surface area contributed by atoms with Gasteiger partial charge in [-0.25, -0.2) is 0 Å². The van der Waals surface area contributed by atoms with Gasteiger partial charge in [0.2, 0.25) is 5.91 Å². The fraction of sp³-hybridized carbons (Fsp3) is 0.533. The van der Waals surface area contributed by atoms with E-state index in [1.807, 2.05) is 18.4 Å². The van der Waals surface area contributed by atoms with Crippen LogP contribution in [0, 0.1) is 11.8 Å². The first-order valence-electron chi connectivity index (χ1n) is 7.04. The smallest absolute Gasteiger partial charge is 0.308 e. The van der Waals surface area contributed by atoms with Gasteiger partial charge in [0.15, 0.2) is 5.78 Å². The van der Waals surface area contributed by atoms with Crippen molar-refractivity contribution in [2.75, 3.05) is 13.1 Å². The number of nitrogens with zero attached hydrogens (tertiary/aromatic N) is 1. The molecule has 0 aliphatic carbocycles. The average Bonchev–Trinajstić information content (AvgIpc) is 2.97. The van der Waals surface area contributed by atoms with Crippen molar-refractivity contribution < 1.29 is 19.5 Å². The summed E-state index contributed by atoms with van der Waals surface area (Å²) >= 11 is 1.37. The lowest BCUT2D eigenvalue weighted by Crippen LogP contribution is -2.45. The highest BCUT2D eigenvalue weighted by Crippen LogP contribution is 2.23. The summed E-state index contributed by atoms with van der Waals surface area (Å²) in [4.78, 5) is 37.4. The molecule has 1 aliphatic heterocycles. The molecule has 2 heterocycles. The average molecular weight is 309 g/mol. The highest BCUT2D eigenvalue weighted by molar-refractivity contribution is 7.12. The molecule has 6 heteroatoms. The van der Waals surface area contributed by atoms with Crippen molar-refractivity contribution >= 4 is 29.0 Å². The zero-order valence-corrected chi connectivity index (χ0v) is 12.8. The number of carboxylic acid groups (broad SMARTS) is 1. The second-order valence-electron chi connectivity index (χ2n) is 5.58. The number of ketones is 1. The van der Waals surface area contributed by atoms with E-state index in [0.717, 1.165) is 0 Å². The van der Waals surface area contributed by atoms with Crippen molar-refractivity contribution in [3.63, 3.8) is 0 Å². The number of thiophene rings is 1. The highest BCUT2D eigenvalue weighted by Gasteiger charge is 2.31. The number of aliphatic carboxylic acids is 1. The summed E-state index contributed by atoms with van der Waals surface area (Å²) in [5, 5.41) is 10.9. The van der Waals surface area contributed by atoms with E-state index in [0.29, 0.717) is 17.8 Å². The molecular formula is C15H19NO4S. The molecule has 2 rings (SSSR count). The summed E-state index contributed by atoms with van der Waals surface area (Å²) < 4.78 is 0. The Hall–Kier alpha value is -1.69. The van der Waals surface area contributed by atoms with Gasteiger partial charge in [0.25, 0.3) is 0 Å². The number of hydrogen-bond donors (Lipinski definition) is 1. The Balaban J connectivity index is 1.87. The van der Waals surface area contributed by atoms with Gasteiger partial charge in [0.1, 0.15) is 0 Å². The third-order valence-corrected chi connectivity index (χ3v) is 4.63. The highest BCUT2D eigenvalue weighted by atomic mass is 32.1. The Morgan fingerprint density at radius 3 is 2.71 bits per heavy atom. The number of carbonyl (C=O) groups excluding carboxylic acids is 2. The molecule has 21 heavy (non-hydrogen) atoms. The number of hydrogen-bond acceptors (Lipinski definition) is 4. The largest absolute Gasteiger partial charge is 0.481 e. The van der Waals surface area contributed by atoms with Crippen LogP contribution >= 0.6 is 11.3 Å². The van der Waals surface area contributed by atoms with Crippen molar-refractivity contribution in [1.29, 1.82) is 0 Å². The molecule has 0 saturated carbocycles. The molecule has 1 fully saturated rings. The Bertz CT molecular complexity index is 526. The molecule has 2 unspecified atom stereocenters. The van der Waals surface area contributed by atoms with Crippen LogP contribution in [0.5, 0.6) is 0 Å². The van der Waals surface area contributed by atoms with Crippen LogP contribution in [0.25, 0.3) is 0 Å². The molecule has 1 N–H and O–H groups in total. The van der Waals surface area contributed by atoms with Gasteiger partial charge in [-0.05, 0) is 23.8 Å². The number of carboxylic acids is 1. The number of carbonyl (C=O) groups is 3. The maximum Gasteiger partial charge on any atom is 0.308 e. The minimum Gasteiger partial charge on any atom is -0.481 e. The molecule has 1 aliphatic rings. The Kier molecular flexibility index (Phi) is 5.12.